The molecule has 0 aromatic heterocycles. The Hall–Kier alpha value is -1.76. The minimum atomic E-state index is -4.59. The Kier molecular flexibility index (Phi) is 4.95. The molecular weight excluding hydrogens is 297 g/mol. The molecule has 0 aliphatic carbocycles. The number of likely N-dealkylation sites (tertiary alicyclic amines) is 1. The molecule has 22 heavy (non-hydrogen) atoms. The van der Waals surface area contributed by atoms with Gasteiger partial charge < -0.3 is 15.3 Å². The maximum Gasteiger partial charge on any atom is 0.412 e. The predicted octanol–water partition coefficient (Wildman–Crippen LogP) is 2.76. The van der Waals surface area contributed by atoms with Crippen LogP contribution in [0.25, 0.3) is 0 Å². The van der Waals surface area contributed by atoms with E-state index >= 15 is 0 Å². The van der Waals surface area contributed by atoms with Crippen molar-refractivity contribution in [3.05, 3.63) is 35.4 Å². The van der Waals surface area contributed by atoms with E-state index in [1.54, 1.807) is 13.0 Å². The topological polar surface area (TPSA) is 52.6 Å². The molecular formula is C15H19F3N2O2. The molecule has 2 rings (SSSR count). The van der Waals surface area contributed by atoms with Crippen molar-refractivity contribution in [3.8, 4) is 0 Å². The molecule has 4 nitrogen and oxygen atoms in total. The van der Waals surface area contributed by atoms with Crippen LogP contribution in [-0.4, -0.2) is 41.4 Å². The molecule has 1 aromatic carbocycles. The second-order valence-corrected chi connectivity index (χ2v) is 5.51. The third-order valence-corrected chi connectivity index (χ3v) is 3.82. The number of carbonyl (C=O) groups is 1. The van der Waals surface area contributed by atoms with Crippen LogP contribution in [0.2, 0.25) is 0 Å². The molecule has 2 amide bonds. The van der Waals surface area contributed by atoms with E-state index in [-0.39, 0.29) is 12.2 Å². The highest BCUT2D eigenvalue weighted by Gasteiger charge is 2.43. The van der Waals surface area contributed by atoms with Crippen LogP contribution < -0.4 is 5.32 Å². The molecule has 1 aliphatic rings. The van der Waals surface area contributed by atoms with E-state index in [1.807, 2.05) is 0 Å². The van der Waals surface area contributed by atoms with Crippen molar-refractivity contribution in [2.24, 2.45) is 0 Å². The smallest absolute Gasteiger partial charge is 0.394 e. The van der Waals surface area contributed by atoms with Gasteiger partial charge in [-0.3, -0.25) is 0 Å². The molecule has 0 saturated carbocycles. The summed E-state index contributed by atoms with van der Waals surface area (Å²) in [5, 5.41) is 11.2. The van der Waals surface area contributed by atoms with Crippen LogP contribution >= 0.6 is 0 Å². The van der Waals surface area contributed by atoms with Crippen LogP contribution in [0.15, 0.2) is 24.3 Å². The second kappa shape index (κ2) is 6.56. The van der Waals surface area contributed by atoms with E-state index in [0.29, 0.717) is 24.9 Å². The summed E-state index contributed by atoms with van der Waals surface area (Å²) < 4.78 is 39.8. The molecule has 1 aliphatic heterocycles. The predicted molar refractivity (Wildman–Crippen MR) is 75.3 cm³/mol. The highest BCUT2D eigenvalue weighted by Crippen LogP contribution is 2.33. The zero-order chi connectivity index (χ0) is 16.3. The van der Waals surface area contributed by atoms with Crippen molar-refractivity contribution in [2.45, 2.75) is 38.0 Å². The lowest BCUT2D eigenvalue weighted by molar-refractivity contribution is -0.155. The van der Waals surface area contributed by atoms with Gasteiger partial charge in [0, 0.05) is 6.54 Å². The van der Waals surface area contributed by atoms with Crippen molar-refractivity contribution in [2.75, 3.05) is 13.2 Å². The summed E-state index contributed by atoms with van der Waals surface area (Å²) >= 11 is 0. The Morgan fingerprint density at radius 3 is 2.82 bits per heavy atom. The van der Waals surface area contributed by atoms with Crippen LogP contribution in [-0.2, 0) is 0 Å². The van der Waals surface area contributed by atoms with Crippen molar-refractivity contribution in [1.29, 1.82) is 0 Å². The normalized spacial score (nSPS) is 20.0. The van der Waals surface area contributed by atoms with E-state index in [2.05, 4.69) is 5.32 Å². The Labute approximate surface area is 126 Å². The first-order valence-corrected chi connectivity index (χ1v) is 7.14. The number of aliphatic hydroxyl groups excluding tert-OH is 1. The maximum absolute atomic E-state index is 13.3. The molecule has 2 N–H and O–H groups in total. The summed E-state index contributed by atoms with van der Waals surface area (Å²) in [6, 6.07) is 2.72. The number of aryl methyl sites for hydroxylation is 1. The van der Waals surface area contributed by atoms with E-state index in [9.17, 15) is 23.1 Å². The molecule has 1 fully saturated rings. The van der Waals surface area contributed by atoms with Crippen LogP contribution in [0.5, 0.6) is 0 Å². The minimum Gasteiger partial charge on any atom is -0.394 e. The zero-order valence-corrected chi connectivity index (χ0v) is 12.2. The third kappa shape index (κ3) is 3.71. The van der Waals surface area contributed by atoms with Gasteiger partial charge in [0.05, 0.1) is 12.6 Å². The second-order valence-electron chi connectivity index (χ2n) is 5.51. The molecule has 1 saturated heterocycles. The van der Waals surface area contributed by atoms with Gasteiger partial charge >= 0.3 is 12.2 Å². The third-order valence-electron chi connectivity index (χ3n) is 3.82. The fourth-order valence-electron chi connectivity index (χ4n) is 2.70. The quantitative estimate of drug-likeness (QED) is 0.901. The first-order chi connectivity index (χ1) is 10.3. The van der Waals surface area contributed by atoms with Gasteiger partial charge in [0.25, 0.3) is 0 Å². The number of urea groups is 1. The average Bonchev–Trinajstić information content (AvgIpc) is 2.91. The molecule has 0 spiro atoms. The maximum atomic E-state index is 13.3. The van der Waals surface area contributed by atoms with Gasteiger partial charge in [0.2, 0.25) is 0 Å². The van der Waals surface area contributed by atoms with Gasteiger partial charge in [-0.1, -0.05) is 29.8 Å². The molecule has 2 atom stereocenters. The molecule has 1 heterocycles. The SMILES string of the molecule is Cc1cccc([C@H](NC(=O)N2CCC[C@@H]2CO)C(F)(F)F)c1. The number of benzene rings is 1. The number of alkyl halides is 3. The molecule has 0 bridgehead atoms. The Morgan fingerprint density at radius 1 is 1.50 bits per heavy atom. The van der Waals surface area contributed by atoms with E-state index < -0.39 is 24.3 Å². The van der Waals surface area contributed by atoms with Gasteiger partial charge in [0.15, 0.2) is 6.04 Å². The Balaban J connectivity index is 2.19. The lowest BCUT2D eigenvalue weighted by Gasteiger charge is -2.28. The van der Waals surface area contributed by atoms with Crippen molar-refractivity contribution < 1.29 is 23.1 Å². The largest absolute Gasteiger partial charge is 0.412 e. The van der Waals surface area contributed by atoms with Crippen LogP contribution in [0.4, 0.5) is 18.0 Å². The van der Waals surface area contributed by atoms with Crippen molar-refractivity contribution in [3.63, 3.8) is 0 Å². The number of amides is 2. The number of aliphatic hydroxyl groups is 1. The Bertz CT molecular complexity index is 534. The van der Waals surface area contributed by atoms with Crippen molar-refractivity contribution in [1.82, 2.24) is 10.2 Å². The summed E-state index contributed by atoms with van der Waals surface area (Å²) in [6.45, 7) is 1.81. The number of halogens is 3. The first-order valence-electron chi connectivity index (χ1n) is 7.14. The monoisotopic (exact) mass is 316 g/mol. The van der Waals surface area contributed by atoms with E-state index in [4.69, 9.17) is 0 Å². The van der Waals surface area contributed by atoms with Crippen LogP contribution in [0.3, 0.4) is 0 Å². The lowest BCUT2D eigenvalue weighted by atomic mass is 10.0. The van der Waals surface area contributed by atoms with Crippen LogP contribution in [0, 0.1) is 6.92 Å². The summed E-state index contributed by atoms with van der Waals surface area (Å²) in [7, 11) is 0. The highest BCUT2D eigenvalue weighted by molar-refractivity contribution is 5.75. The standard InChI is InChI=1S/C15H19F3N2O2/c1-10-4-2-5-11(8-10)13(15(16,17)18)19-14(22)20-7-3-6-12(20)9-21/h2,4-5,8,12-13,21H,3,6-7,9H2,1H3,(H,19,22)/t12-,13+/m1/s1. The van der Waals surface area contributed by atoms with Crippen molar-refractivity contribution >= 4 is 6.03 Å². The number of carbonyl (C=O) groups excluding carboxylic acids is 1. The summed E-state index contributed by atoms with van der Waals surface area (Å²) in [6.07, 6.45) is -3.30. The number of hydrogen-bond acceptors (Lipinski definition) is 2. The first kappa shape index (κ1) is 16.6. The molecule has 7 heteroatoms. The van der Waals surface area contributed by atoms with Gasteiger partial charge in [-0.05, 0) is 25.3 Å². The minimum absolute atomic E-state index is 0.000551. The number of rotatable bonds is 3. The van der Waals surface area contributed by atoms with Gasteiger partial charge in [-0.15, -0.1) is 0 Å². The fourth-order valence-corrected chi connectivity index (χ4v) is 2.70. The van der Waals surface area contributed by atoms with Gasteiger partial charge in [-0.2, -0.15) is 13.2 Å². The lowest BCUT2D eigenvalue weighted by Crippen LogP contribution is -2.48. The summed E-state index contributed by atoms with van der Waals surface area (Å²) in [4.78, 5) is 13.4. The van der Waals surface area contributed by atoms with E-state index in [1.165, 1.54) is 23.1 Å². The van der Waals surface area contributed by atoms with E-state index in [0.717, 1.165) is 0 Å². The fraction of sp³-hybridized carbons (Fsp3) is 0.533. The average molecular weight is 316 g/mol. The number of nitrogens with one attached hydrogen (secondary N) is 1. The molecule has 0 unspecified atom stereocenters. The van der Waals surface area contributed by atoms with Crippen LogP contribution in [0.1, 0.15) is 30.0 Å². The highest BCUT2D eigenvalue weighted by atomic mass is 19.4. The molecule has 0 radical (unpaired) electrons. The Morgan fingerprint density at radius 2 is 2.23 bits per heavy atom. The summed E-state index contributed by atoms with van der Waals surface area (Å²) in [5.41, 5.74) is 0.691. The zero-order valence-electron chi connectivity index (χ0n) is 12.2. The number of nitrogens with zero attached hydrogens (tertiary/aromatic N) is 1. The molecule has 122 valence electrons. The number of hydrogen-bond donors (Lipinski definition) is 2. The molecule has 1 aromatic rings. The van der Waals surface area contributed by atoms with Gasteiger partial charge in [-0.25, -0.2) is 4.79 Å². The summed E-state index contributed by atoms with van der Waals surface area (Å²) in [5.74, 6) is 0. The van der Waals surface area contributed by atoms with Gasteiger partial charge in [0.1, 0.15) is 0 Å².